The number of carboxylic acid groups (broad SMARTS) is 1. The van der Waals surface area contributed by atoms with Gasteiger partial charge >= 0.3 is 5.97 Å². The number of nitrogens with zero attached hydrogens (tertiary/aromatic N) is 1. The van der Waals surface area contributed by atoms with Crippen LogP contribution in [0.5, 0.6) is 0 Å². The van der Waals surface area contributed by atoms with Crippen molar-refractivity contribution in [2.45, 2.75) is 24.7 Å². The Morgan fingerprint density at radius 3 is 2.40 bits per heavy atom. The van der Waals surface area contributed by atoms with Gasteiger partial charge in [-0.15, -0.1) is 0 Å². The number of rotatable bonds is 3. The highest BCUT2D eigenvalue weighted by Crippen LogP contribution is 2.50. The van der Waals surface area contributed by atoms with Crippen molar-refractivity contribution in [2.24, 2.45) is 5.92 Å². The summed E-state index contributed by atoms with van der Waals surface area (Å²) in [5, 5.41) is 9.04. The summed E-state index contributed by atoms with van der Waals surface area (Å²) in [5.41, 5.74) is 0.651. The highest BCUT2D eigenvalue weighted by atomic mass is 79.9. The van der Waals surface area contributed by atoms with Gasteiger partial charge in [0.2, 0.25) is 5.91 Å². The Balaban J connectivity index is 1.77. The summed E-state index contributed by atoms with van der Waals surface area (Å²) in [7, 11) is 0. The van der Waals surface area contributed by atoms with Crippen LogP contribution in [0, 0.1) is 5.92 Å². The van der Waals surface area contributed by atoms with Crippen LogP contribution < -0.4 is 0 Å². The molecule has 2 fully saturated rings. The van der Waals surface area contributed by atoms with E-state index in [1.54, 1.807) is 4.90 Å². The average Bonchev–Trinajstić information content (AvgIpc) is 3.08. The molecule has 1 aromatic rings. The van der Waals surface area contributed by atoms with Crippen LogP contribution in [0.25, 0.3) is 0 Å². The van der Waals surface area contributed by atoms with Gasteiger partial charge in [-0.3, -0.25) is 9.59 Å². The van der Waals surface area contributed by atoms with E-state index >= 15 is 0 Å². The fourth-order valence-corrected chi connectivity index (χ4v) is 3.23. The standard InChI is InChI=1S/C15H16BrNO3/c16-12-3-1-11(2-4-12)15(6-7-15)14(20)17-8-5-10(9-17)13(18)19/h1-4,10H,5-9H2,(H,18,19)/t10-/m1/s1. The number of hydrogen-bond donors (Lipinski definition) is 1. The molecule has 0 radical (unpaired) electrons. The largest absolute Gasteiger partial charge is 0.481 e. The quantitative estimate of drug-likeness (QED) is 0.921. The second-order valence-corrected chi connectivity index (χ2v) is 6.58. The van der Waals surface area contributed by atoms with Gasteiger partial charge in [0, 0.05) is 17.6 Å². The number of carbonyl (C=O) groups is 2. The molecule has 1 heterocycles. The Morgan fingerprint density at radius 2 is 1.90 bits per heavy atom. The second kappa shape index (κ2) is 4.88. The van der Waals surface area contributed by atoms with Crippen molar-refractivity contribution in [3.05, 3.63) is 34.3 Å². The highest BCUT2D eigenvalue weighted by Gasteiger charge is 2.53. The Labute approximate surface area is 125 Å². The van der Waals surface area contributed by atoms with Crippen molar-refractivity contribution in [2.75, 3.05) is 13.1 Å². The molecule has 2 aliphatic rings. The molecule has 3 rings (SSSR count). The summed E-state index contributed by atoms with van der Waals surface area (Å²) >= 11 is 3.40. The third-order valence-electron chi connectivity index (χ3n) is 4.38. The van der Waals surface area contributed by atoms with Crippen molar-refractivity contribution >= 4 is 27.8 Å². The first kappa shape index (κ1) is 13.6. The lowest BCUT2D eigenvalue weighted by Gasteiger charge is -2.23. The number of hydrogen-bond acceptors (Lipinski definition) is 2. The molecular formula is C15H16BrNO3. The van der Waals surface area contributed by atoms with E-state index in [2.05, 4.69) is 15.9 Å². The van der Waals surface area contributed by atoms with Crippen LogP contribution in [-0.2, 0) is 15.0 Å². The predicted molar refractivity (Wildman–Crippen MR) is 77.4 cm³/mol. The molecule has 1 aliphatic heterocycles. The normalized spacial score (nSPS) is 23.6. The molecule has 106 valence electrons. The molecule has 20 heavy (non-hydrogen) atoms. The zero-order valence-electron chi connectivity index (χ0n) is 11.0. The lowest BCUT2D eigenvalue weighted by Crippen LogP contribution is -2.38. The van der Waals surface area contributed by atoms with Crippen LogP contribution in [0.15, 0.2) is 28.7 Å². The first-order valence-electron chi connectivity index (χ1n) is 6.81. The van der Waals surface area contributed by atoms with Crippen molar-refractivity contribution < 1.29 is 14.7 Å². The SMILES string of the molecule is O=C(O)[C@@H]1CCN(C(=O)C2(c3ccc(Br)cc3)CC2)C1. The van der Waals surface area contributed by atoms with Crippen LogP contribution in [0.3, 0.4) is 0 Å². The molecule has 1 saturated carbocycles. The highest BCUT2D eigenvalue weighted by molar-refractivity contribution is 9.10. The summed E-state index contributed by atoms with van der Waals surface area (Å²) in [6.45, 7) is 0.917. The van der Waals surface area contributed by atoms with E-state index in [1.807, 2.05) is 24.3 Å². The van der Waals surface area contributed by atoms with Gasteiger partial charge in [-0.05, 0) is 37.0 Å². The molecule has 1 amide bonds. The van der Waals surface area contributed by atoms with Gasteiger partial charge < -0.3 is 10.0 Å². The molecule has 1 N–H and O–H groups in total. The predicted octanol–water partition coefficient (Wildman–Crippen LogP) is 2.41. The summed E-state index contributed by atoms with van der Waals surface area (Å²) < 4.78 is 0.997. The van der Waals surface area contributed by atoms with Crippen LogP contribution in [0.2, 0.25) is 0 Å². The van der Waals surface area contributed by atoms with Gasteiger partial charge in [0.15, 0.2) is 0 Å². The van der Waals surface area contributed by atoms with Crippen LogP contribution in [0.4, 0.5) is 0 Å². The van der Waals surface area contributed by atoms with Gasteiger partial charge in [-0.25, -0.2) is 0 Å². The molecule has 0 bridgehead atoms. The van der Waals surface area contributed by atoms with Gasteiger partial charge in [0.25, 0.3) is 0 Å². The first-order chi connectivity index (χ1) is 9.53. The minimum atomic E-state index is -0.797. The minimum absolute atomic E-state index is 0.101. The number of benzene rings is 1. The molecule has 1 aromatic carbocycles. The topological polar surface area (TPSA) is 57.6 Å². The Kier molecular flexibility index (Phi) is 3.32. The second-order valence-electron chi connectivity index (χ2n) is 5.66. The molecular weight excluding hydrogens is 322 g/mol. The van der Waals surface area contributed by atoms with Crippen LogP contribution in [-0.4, -0.2) is 35.0 Å². The molecule has 0 unspecified atom stereocenters. The Bertz CT molecular complexity index is 551. The maximum atomic E-state index is 12.7. The first-order valence-corrected chi connectivity index (χ1v) is 7.60. The van der Waals surface area contributed by atoms with E-state index in [1.165, 1.54) is 0 Å². The van der Waals surface area contributed by atoms with Gasteiger partial charge in [0.05, 0.1) is 11.3 Å². The van der Waals surface area contributed by atoms with Crippen molar-refractivity contribution in [1.82, 2.24) is 4.90 Å². The molecule has 1 atom stereocenters. The lowest BCUT2D eigenvalue weighted by atomic mass is 9.94. The maximum absolute atomic E-state index is 12.7. The molecule has 1 aliphatic carbocycles. The number of likely N-dealkylation sites (tertiary alicyclic amines) is 1. The smallest absolute Gasteiger partial charge is 0.308 e. The Hall–Kier alpha value is -1.36. The fraction of sp³-hybridized carbons (Fsp3) is 0.467. The molecule has 0 aromatic heterocycles. The van der Waals surface area contributed by atoms with Gasteiger partial charge in [0.1, 0.15) is 0 Å². The molecule has 5 heteroatoms. The van der Waals surface area contributed by atoms with Crippen molar-refractivity contribution in [1.29, 1.82) is 0 Å². The Morgan fingerprint density at radius 1 is 1.25 bits per heavy atom. The summed E-state index contributed by atoms with van der Waals surface area (Å²) in [4.78, 5) is 25.4. The van der Waals surface area contributed by atoms with Crippen LogP contribution >= 0.6 is 15.9 Å². The number of aliphatic carboxylic acids is 1. The average molecular weight is 338 g/mol. The molecule has 4 nitrogen and oxygen atoms in total. The third kappa shape index (κ3) is 2.24. The zero-order valence-corrected chi connectivity index (χ0v) is 12.6. The summed E-state index contributed by atoms with van der Waals surface area (Å²) in [5.74, 6) is -1.10. The van der Waals surface area contributed by atoms with Crippen LogP contribution in [0.1, 0.15) is 24.8 Å². The van der Waals surface area contributed by atoms with E-state index in [0.717, 1.165) is 22.9 Å². The van der Waals surface area contributed by atoms with Crippen molar-refractivity contribution in [3.8, 4) is 0 Å². The number of carboxylic acids is 1. The van der Waals surface area contributed by atoms with E-state index in [4.69, 9.17) is 5.11 Å². The minimum Gasteiger partial charge on any atom is -0.481 e. The third-order valence-corrected chi connectivity index (χ3v) is 4.91. The van der Waals surface area contributed by atoms with E-state index < -0.39 is 17.3 Å². The summed E-state index contributed by atoms with van der Waals surface area (Å²) in [6.07, 6.45) is 2.29. The van der Waals surface area contributed by atoms with E-state index in [-0.39, 0.29) is 5.91 Å². The van der Waals surface area contributed by atoms with Gasteiger partial charge in [-0.2, -0.15) is 0 Å². The molecule has 1 saturated heterocycles. The monoisotopic (exact) mass is 337 g/mol. The summed E-state index contributed by atoms with van der Waals surface area (Å²) in [6, 6.07) is 7.87. The lowest BCUT2D eigenvalue weighted by molar-refractivity contribution is -0.141. The number of carbonyl (C=O) groups excluding carboxylic acids is 1. The molecule has 0 spiro atoms. The number of halogens is 1. The van der Waals surface area contributed by atoms with Gasteiger partial charge in [-0.1, -0.05) is 28.1 Å². The van der Waals surface area contributed by atoms with E-state index in [9.17, 15) is 9.59 Å². The maximum Gasteiger partial charge on any atom is 0.308 e. The van der Waals surface area contributed by atoms with E-state index in [0.29, 0.717) is 19.5 Å². The van der Waals surface area contributed by atoms with Crippen molar-refractivity contribution in [3.63, 3.8) is 0 Å². The number of amides is 1. The fourth-order valence-electron chi connectivity index (χ4n) is 2.97. The zero-order chi connectivity index (χ0) is 14.3.